The lowest BCUT2D eigenvalue weighted by molar-refractivity contribution is 0.0691. The summed E-state index contributed by atoms with van der Waals surface area (Å²) >= 11 is 0. The number of imidazole rings is 1. The number of piperidine rings is 2. The Morgan fingerprint density at radius 3 is 2.58 bits per heavy atom. The number of amides is 1. The highest BCUT2D eigenvalue weighted by molar-refractivity contribution is 6.05. The average Bonchev–Trinajstić information content (AvgIpc) is 3.38. The summed E-state index contributed by atoms with van der Waals surface area (Å²) in [5.41, 5.74) is 4.01. The molecule has 254 valence electrons. The first-order chi connectivity index (χ1) is 23.2. The largest absolute Gasteiger partial charge is 0.493 e. The van der Waals surface area contributed by atoms with Gasteiger partial charge in [0.15, 0.2) is 0 Å². The number of anilines is 2. The summed E-state index contributed by atoms with van der Waals surface area (Å²) in [6.45, 7) is 9.33. The van der Waals surface area contributed by atoms with Gasteiger partial charge in [-0.15, -0.1) is 0 Å². The Kier molecular flexibility index (Phi) is 9.04. The maximum absolute atomic E-state index is 15.8. The second-order valence-electron chi connectivity index (χ2n) is 13.8. The normalized spacial score (nSPS) is 20.4. The van der Waals surface area contributed by atoms with E-state index in [0.717, 1.165) is 76.8 Å². The van der Waals surface area contributed by atoms with Gasteiger partial charge in [-0.2, -0.15) is 4.39 Å². The fourth-order valence-corrected chi connectivity index (χ4v) is 7.62. The van der Waals surface area contributed by atoms with Crippen LogP contribution in [0.5, 0.6) is 5.75 Å². The van der Waals surface area contributed by atoms with Crippen molar-refractivity contribution in [3.05, 3.63) is 59.6 Å². The van der Waals surface area contributed by atoms with Gasteiger partial charge in [0.25, 0.3) is 5.91 Å². The molecule has 2 fully saturated rings. The first-order valence-electron chi connectivity index (χ1n) is 17.1. The van der Waals surface area contributed by atoms with E-state index in [1.165, 1.54) is 18.3 Å². The molecule has 2 saturated heterocycles. The van der Waals surface area contributed by atoms with E-state index in [1.54, 1.807) is 19.1 Å². The zero-order chi connectivity index (χ0) is 33.4. The van der Waals surface area contributed by atoms with Crippen molar-refractivity contribution in [2.24, 2.45) is 11.3 Å². The number of hydrogen-bond donors (Lipinski definition) is 2. The number of halogens is 2. The van der Waals surface area contributed by atoms with E-state index in [-0.39, 0.29) is 29.7 Å². The van der Waals surface area contributed by atoms with Crippen molar-refractivity contribution in [2.75, 3.05) is 56.2 Å². The Morgan fingerprint density at radius 2 is 1.81 bits per heavy atom. The summed E-state index contributed by atoms with van der Waals surface area (Å²) in [6, 6.07) is 7.95. The van der Waals surface area contributed by atoms with Gasteiger partial charge in [0.2, 0.25) is 11.9 Å². The Hall–Kier alpha value is -4.16. The molecule has 0 aliphatic carbocycles. The maximum Gasteiger partial charge on any atom is 0.258 e. The molecule has 0 saturated carbocycles. The Balaban J connectivity index is 1.19. The maximum atomic E-state index is 15.8. The van der Waals surface area contributed by atoms with Crippen molar-refractivity contribution < 1.29 is 23.4 Å². The van der Waals surface area contributed by atoms with Crippen LogP contribution in [0.3, 0.4) is 0 Å². The van der Waals surface area contributed by atoms with Gasteiger partial charge in [0, 0.05) is 55.8 Å². The molecule has 7 rings (SSSR count). The molecule has 6 heterocycles. The zero-order valence-corrected chi connectivity index (χ0v) is 27.6. The highest BCUT2D eigenvalue weighted by Crippen LogP contribution is 2.43. The minimum absolute atomic E-state index is 0.172. The van der Waals surface area contributed by atoms with Crippen LogP contribution in [-0.4, -0.2) is 81.4 Å². The number of hydrogen-bond acceptors (Lipinski definition) is 8. The number of aryl methyl sites for hydroxylation is 1. The number of nitrogens with zero attached hydrogens (tertiary/aromatic N) is 6. The monoisotopic (exact) mass is 659 g/mol. The summed E-state index contributed by atoms with van der Waals surface area (Å²) < 4.78 is 37.9. The van der Waals surface area contributed by atoms with Gasteiger partial charge >= 0.3 is 0 Å². The highest BCUT2D eigenvalue weighted by Gasteiger charge is 2.38. The molecule has 4 aromatic rings. The topological polar surface area (TPSA) is 109 Å². The van der Waals surface area contributed by atoms with E-state index < -0.39 is 5.95 Å². The number of aliphatic hydroxyl groups excluding tert-OH is 1. The molecule has 1 amide bonds. The number of ether oxygens (including phenoxy) is 1. The number of aromatic nitrogens is 4. The zero-order valence-electron chi connectivity index (χ0n) is 27.6. The molecule has 0 radical (unpaired) electrons. The van der Waals surface area contributed by atoms with Crippen LogP contribution in [0.2, 0.25) is 0 Å². The fourth-order valence-electron chi connectivity index (χ4n) is 7.62. The molecule has 1 spiro atoms. The van der Waals surface area contributed by atoms with Crippen LogP contribution in [0.1, 0.15) is 61.5 Å². The van der Waals surface area contributed by atoms with E-state index in [0.29, 0.717) is 58.6 Å². The van der Waals surface area contributed by atoms with Gasteiger partial charge < -0.3 is 24.2 Å². The molecule has 3 aliphatic rings. The number of benzene rings is 1. The van der Waals surface area contributed by atoms with Crippen LogP contribution in [0.15, 0.2) is 36.5 Å². The number of carbonyl (C=O) groups excluding carboxylic acids is 1. The van der Waals surface area contributed by atoms with Crippen LogP contribution < -0.4 is 15.0 Å². The Morgan fingerprint density at radius 1 is 1.04 bits per heavy atom. The molecule has 3 aromatic heterocycles. The predicted molar refractivity (Wildman–Crippen MR) is 180 cm³/mol. The molecular formula is C36H43F2N7O3. The number of rotatable bonds is 3. The van der Waals surface area contributed by atoms with Crippen molar-refractivity contribution in [3.8, 4) is 17.0 Å². The SMILES string of the molecule is Cc1cc2cc(n1)-c1cnc(F)cc1OCCC[C@@H](C)Cn1c(nc3cc(F)c(N4CCC5(CCN(CCO)CC5)CC4)cc31)NC2=O. The van der Waals surface area contributed by atoms with Crippen LogP contribution in [0.4, 0.5) is 20.4 Å². The summed E-state index contributed by atoms with van der Waals surface area (Å²) in [5.74, 6) is -0.488. The Labute approximate surface area is 279 Å². The van der Waals surface area contributed by atoms with E-state index in [9.17, 15) is 14.3 Å². The molecule has 12 heteroatoms. The number of carbonyl (C=O) groups is 1. The van der Waals surface area contributed by atoms with Crippen molar-refractivity contribution in [1.82, 2.24) is 24.4 Å². The molecule has 48 heavy (non-hydrogen) atoms. The fraction of sp³-hybridized carbons (Fsp3) is 0.500. The minimum Gasteiger partial charge on any atom is -0.493 e. The Bertz CT molecular complexity index is 1810. The first-order valence-corrected chi connectivity index (χ1v) is 17.1. The van der Waals surface area contributed by atoms with Gasteiger partial charge in [0.05, 0.1) is 41.2 Å². The molecule has 10 nitrogen and oxygen atoms in total. The molecule has 1 aromatic carbocycles. The predicted octanol–water partition coefficient (Wildman–Crippen LogP) is 5.82. The third-order valence-electron chi connectivity index (χ3n) is 10.5. The molecule has 0 unspecified atom stereocenters. The van der Waals surface area contributed by atoms with Gasteiger partial charge in [-0.25, -0.2) is 14.4 Å². The summed E-state index contributed by atoms with van der Waals surface area (Å²) in [4.78, 5) is 31.4. The lowest BCUT2D eigenvalue weighted by atomic mass is 9.71. The smallest absolute Gasteiger partial charge is 0.258 e. The summed E-state index contributed by atoms with van der Waals surface area (Å²) in [5, 5.41) is 12.3. The molecule has 1 atom stereocenters. The number of likely N-dealkylation sites (tertiary alicyclic amines) is 1. The quantitative estimate of drug-likeness (QED) is 0.265. The number of nitrogens with one attached hydrogen (secondary N) is 1. The summed E-state index contributed by atoms with van der Waals surface area (Å²) in [7, 11) is 0. The lowest BCUT2D eigenvalue weighted by Crippen LogP contribution is -2.47. The number of aliphatic hydroxyl groups is 1. The van der Waals surface area contributed by atoms with Crippen molar-refractivity contribution in [3.63, 3.8) is 0 Å². The van der Waals surface area contributed by atoms with Crippen molar-refractivity contribution in [1.29, 1.82) is 0 Å². The van der Waals surface area contributed by atoms with Gasteiger partial charge in [-0.05, 0) is 88.1 Å². The van der Waals surface area contributed by atoms with E-state index in [1.807, 2.05) is 10.6 Å². The van der Waals surface area contributed by atoms with Gasteiger partial charge in [-0.3, -0.25) is 15.1 Å². The summed E-state index contributed by atoms with van der Waals surface area (Å²) in [6.07, 6.45) is 7.15. The van der Waals surface area contributed by atoms with Crippen LogP contribution in [-0.2, 0) is 6.54 Å². The van der Waals surface area contributed by atoms with Crippen molar-refractivity contribution >= 4 is 28.6 Å². The average molecular weight is 660 g/mol. The number of pyridine rings is 2. The molecular weight excluding hydrogens is 616 g/mol. The van der Waals surface area contributed by atoms with Crippen LogP contribution in [0, 0.1) is 30.0 Å². The van der Waals surface area contributed by atoms with Crippen LogP contribution in [0.25, 0.3) is 22.3 Å². The van der Waals surface area contributed by atoms with E-state index in [2.05, 4.69) is 32.0 Å². The van der Waals surface area contributed by atoms with E-state index >= 15 is 4.39 Å². The second kappa shape index (κ2) is 13.4. The third-order valence-corrected chi connectivity index (χ3v) is 10.5. The molecule has 2 N–H and O–H groups in total. The van der Waals surface area contributed by atoms with Crippen LogP contribution >= 0.6 is 0 Å². The lowest BCUT2D eigenvalue weighted by Gasteiger charge is -2.47. The number of fused-ring (bicyclic) bond motifs is 7. The van der Waals surface area contributed by atoms with Gasteiger partial charge in [0.1, 0.15) is 11.6 Å². The van der Waals surface area contributed by atoms with E-state index in [4.69, 9.17) is 9.72 Å². The van der Waals surface area contributed by atoms with Crippen molar-refractivity contribution in [2.45, 2.75) is 58.9 Å². The molecule has 2 bridgehead atoms. The van der Waals surface area contributed by atoms with Gasteiger partial charge in [-0.1, -0.05) is 6.92 Å². The minimum atomic E-state index is -0.651. The molecule has 3 aliphatic heterocycles. The third kappa shape index (κ3) is 6.60. The standard InChI is InChI=1S/C36H43F2N7O3/c1-23-4-3-15-48-32-20-33(38)39-21-26(32)28-17-25(16-24(2)40-28)34(47)42-35-41-29-18-27(37)30(19-31(29)45(35)22-23)44-11-7-36(8-12-44)5-9-43(10-6-36)13-14-46/h16-21,23,46H,3-15,22H2,1-2H3,(H,41,42,47)/t23-/m1/s1. The number of β-amino-alcohol motifs (C(OH)–C–C–N with tert-alkyl or cyclic N) is 1. The highest BCUT2D eigenvalue weighted by atomic mass is 19.1. The second-order valence-corrected chi connectivity index (χ2v) is 13.8. The first kappa shape index (κ1) is 32.4.